The standard InChI is InChI=1S/C17H26N2O3/c1-17(2,21)14-19(12-15-6-4-3-5-7-15)16(20)13-18-8-10-22-11-9-18/h3-7,21H,8-14H2,1-2H3. The Morgan fingerprint density at radius 2 is 1.91 bits per heavy atom. The average Bonchev–Trinajstić information content (AvgIpc) is 2.47. The highest BCUT2D eigenvalue weighted by Crippen LogP contribution is 2.11. The van der Waals surface area contributed by atoms with Crippen LogP contribution < -0.4 is 0 Å². The van der Waals surface area contributed by atoms with E-state index in [4.69, 9.17) is 4.74 Å². The molecule has 1 N–H and O–H groups in total. The smallest absolute Gasteiger partial charge is 0.237 e. The van der Waals surface area contributed by atoms with Gasteiger partial charge in [-0.25, -0.2) is 0 Å². The van der Waals surface area contributed by atoms with E-state index in [9.17, 15) is 9.90 Å². The maximum absolute atomic E-state index is 12.6. The molecule has 122 valence electrons. The number of benzene rings is 1. The summed E-state index contributed by atoms with van der Waals surface area (Å²) in [6, 6.07) is 9.88. The number of nitrogens with zero attached hydrogens (tertiary/aromatic N) is 2. The summed E-state index contributed by atoms with van der Waals surface area (Å²) in [5.74, 6) is 0.0490. The molecule has 0 spiro atoms. The summed E-state index contributed by atoms with van der Waals surface area (Å²) in [7, 11) is 0. The van der Waals surface area contributed by atoms with E-state index in [2.05, 4.69) is 4.90 Å². The van der Waals surface area contributed by atoms with Crippen LogP contribution in [0.1, 0.15) is 19.4 Å². The van der Waals surface area contributed by atoms with Crippen molar-refractivity contribution in [2.45, 2.75) is 26.0 Å². The minimum absolute atomic E-state index is 0.0490. The van der Waals surface area contributed by atoms with Crippen LogP contribution in [0.4, 0.5) is 0 Å². The van der Waals surface area contributed by atoms with Gasteiger partial charge in [-0.05, 0) is 19.4 Å². The lowest BCUT2D eigenvalue weighted by atomic mass is 10.1. The fraction of sp³-hybridized carbons (Fsp3) is 0.588. The summed E-state index contributed by atoms with van der Waals surface area (Å²) in [5.41, 5.74) is 0.164. The molecule has 1 aromatic rings. The van der Waals surface area contributed by atoms with Gasteiger partial charge in [-0.3, -0.25) is 9.69 Å². The largest absolute Gasteiger partial charge is 0.389 e. The molecule has 0 radical (unpaired) electrons. The summed E-state index contributed by atoms with van der Waals surface area (Å²) in [6.45, 7) is 7.61. The van der Waals surface area contributed by atoms with Gasteiger partial charge in [0, 0.05) is 26.2 Å². The molecular weight excluding hydrogens is 280 g/mol. The fourth-order valence-corrected chi connectivity index (χ4v) is 2.55. The lowest BCUT2D eigenvalue weighted by molar-refractivity contribution is -0.137. The van der Waals surface area contributed by atoms with E-state index in [-0.39, 0.29) is 5.91 Å². The van der Waals surface area contributed by atoms with E-state index in [0.717, 1.165) is 18.7 Å². The summed E-state index contributed by atoms with van der Waals surface area (Å²) in [4.78, 5) is 16.5. The summed E-state index contributed by atoms with van der Waals surface area (Å²) >= 11 is 0. The zero-order chi connectivity index (χ0) is 16.0. The molecule has 0 atom stereocenters. The SMILES string of the molecule is CC(C)(O)CN(Cc1ccccc1)C(=O)CN1CCOCC1. The molecule has 1 aromatic carbocycles. The van der Waals surface area contributed by atoms with Gasteiger partial charge in [0.15, 0.2) is 0 Å². The van der Waals surface area contributed by atoms with Gasteiger partial charge in [-0.15, -0.1) is 0 Å². The second-order valence-electron chi connectivity index (χ2n) is 6.44. The van der Waals surface area contributed by atoms with Crippen LogP contribution >= 0.6 is 0 Å². The van der Waals surface area contributed by atoms with E-state index in [0.29, 0.717) is 32.8 Å². The number of amides is 1. The molecule has 1 aliphatic heterocycles. The third-order valence-corrected chi connectivity index (χ3v) is 3.61. The van der Waals surface area contributed by atoms with Crippen molar-refractivity contribution in [3.8, 4) is 0 Å². The third kappa shape index (κ3) is 5.75. The van der Waals surface area contributed by atoms with Gasteiger partial charge in [0.05, 0.1) is 25.4 Å². The Hall–Kier alpha value is -1.43. The quantitative estimate of drug-likeness (QED) is 0.856. The number of morpholine rings is 1. The topological polar surface area (TPSA) is 53.0 Å². The van der Waals surface area contributed by atoms with Crippen LogP contribution in [-0.4, -0.2) is 65.8 Å². The second-order valence-corrected chi connectivity index (χ2v) is 6.44. The number of carbonyl (C=O) groups is 1. The fourth-order valence-electron chi connectivity index (χ4n) is 2.55. The van der Waals surface area contributed by atoms with Crippen LogP contribution in [0, 0.1) is 0 Å². The molecule has 5 nitrogen and oxygen atoms in total. The van der Waals surface area contributed by atoms with Crippen molar-refractivity contribution in [1.82, 2.24) is 9.80 Å². The molecule has 0 saturated carbocycles. The molecule has 1 heterocycles. The molecule has 1 fully saturated rings. The number of hydrogen-bond donors (Lipinski definition) is 1. The molecule has 5 heteroatoms. The van der Waals surface area contributed by atoms with Crippen molar-refractivity contribution >= 4 is 5.91 Å². The molecule has 0 aromatic heterocycles. The van der Waals surface area contributed by atoms with Gasteiger partial charge in [-0.1, -0.05) is 30.3 Å². The highest BCUT2D eigenvalue weighted by Gasteiger charge is 2.24. The molecule has 1 saturated heterocycles. The maximum atomic E-state index is 12.6. The van der Waals surface area contributed by atoms with Gasteiger partial charge in [-0.2, -0.15) is 0 Å². The van der Waals surface area contributed by atoms with Crippen LogP contribution in [0.3, 0.4) is 0 Å². The van der Waals surface area contributed by atoms with Gasteiger partial charge in [0.25, 0.3) is 0 Å². The number of carbonyl (C=O) groups excluding carboxylic acids is 1. The molecule has 0 unspecified atom stereocenters. The Morgan fingerprint density at radius 3 is 2.50 bits per heavy atom. The Morgan fingerprint density at radius 1 is 1.27 bits per heavy atom. The van der Waals surface area contributed by atoms with Crippen LogP contribution in [0.25, 0.3) is 0 Å². The van der Waals surface area contributed by atoms with E-state index < -0.39 is 5.60 Å². The lowest BCUT2D eigenvalue weighted by Crippen LogP contribution is -2.48. The zero-order valence-corrected chi connectivity index (χ0v) is 13.5. The maximum Gasteiger partial charge on any atom is 0.237 e. The Kier molecular flexibility index (Phi) is 5.94. The van der Waals surface area contributed by atoms with E-state index in [1.165, 1.54) is 0 Å². The van der Waals surface area contributed by atoms with Crippen LogP contribution in [-0.2, 0) is 16.1 Å². The van der Waals surface area contributed by atoms with E-state index in [1.54, 1.807) is 18.7 Å². The molecule has 0 aliphatic carbocycles. The highest BCUT2D eigenvalue weighted by molar-refractivity contribution is 5.78. The molecule has 2 rings (SSSR count). The predicted octanol–water partition coefficient (Wildman–Crippen LogP) is 1.12. The molecule has 1 amide bonds. The highest BCUT2D eigenvalue weighted by atomic mass is 16.5. The van der Waals surface area contributed by atoms with Crippen LogP contribution in [0.2, 0.25) is 0 Å². The average molecular weight is 306 g/mol. The first-order valence-electron chi connectivity index (χ1n) is 7.78. The predicted molar refractivity (Wildman–Crippen MR) is 85.4 cm³/mol. The zero-order valence-electron chi connectivity index (χ0n) is 13.5. The lowest BCUT2D eigenvalue weighted by Gasteiger charge is -2.32. The normalized spacial score (nSPS) is 16.5. The van der Waals surface area contributed by atoms with Gasteiger partial charge in [0.2, 0.25) is 5.91 Å². The van der Waals surface area contributed by atoms with Crippen molar-refractivity contribution < 1.29 is 14.6 Å². The number of rotatable bonds is 6. The van der Waals surface area contributed by atoms with Crippen molar-refractivity contribution in [3.63, 3.8) is 0 Å². The molecular formula is C17H26N2O3. The minimum Gasteiger partial charge on any atom is -0.389 e. The van der Waals surface area contributed by atoms with Crippen molar-refractivity contribution in [2.75, 3.05) is 39.4 Å². The molecule has 1 aliphatic rings. The van der Waals surface area contributed by atoms with Gasteiger partial charge < -0.3 is 14.7 Å². The summed E-state index contributed by atoms with van der Waals surface area (Å²) < 4.78 is 5.31. The number of hydrogen-bond acceptors (Lipinski definition) is 4. The molecule has 0 bridgehead atoms. The number of aliphatic hydroxyl groups is 1. The van der Waals surface area contributed by atoms with E-state index >= 15 is 0 Å². The monoisotopic (exact) mass is 306 g/mol. The number of ether oxygens (including phenoxy) is 1. The van der Waals surface area contributed by atoms with Crippen LogP contribution in [0.15, 0.2) is 30.3 Å². The van der Waals surface area contributed by atoms with E-state index in [1.807, 2.05) is 30.3 Å². The second kappa shape index (κ2) is 7.72. The van der Waals surface area contributed by atoms with Crippen LogP contribution in [0.5, 0.6) is 0 Å². The molecule has 22 heavy (non-hydrogen) atoms. The Balaban J connectivity index is 2.00. The first kappa shape index (κ1) is 16.9. The minimum atomic E-state index is -0.907. The van der Waals surface area contributed by atoms with Crippen molar-refractivity contribution in [2.24, 2.45) is 0 Å². The first-order chi connectivity index (χ1) is 10.4. The van der Waals surface area contributed by atoms with Crippen molar-refractivity contribution in [1.29, 1.82) is 0 Å². The summed E-state index contributed by atoms with van der Waals surface area (Å²) in [6.07, 6.45) is 0. The Labute approximate surface area is 132 Å². The van der Waals surface area contributed by atoms with Crippen molar-refractivity contribution in [3.05, 3.63) is 35.9 Å². The summed E-state index contributed by atoms with van der Waals surface area (Å²) in [5, 5.41) is 10.1. The van der Waals surface area contributed by atoms with Gasteiger partial charge >= 0.3 is 0 Å². The first-order valence-corrected chi connectivity index (χ1v) is 7.78. The third-order valence-electron chi connectivity index (χ3n) is 3.61. The Bertz CT molecular complexity index is 465. The van der Waals surface area contributed by atoms with Gasteiger partial charge in [0.1, 0.15) is 0 Å².